The monoisotopic (exact) mass is 466 g/mol. The zero-order valence-electron chi connectivity index (χ0n) is 13.8. The fourth-order valence-electron chi connectivity index (χ4n) is 2.13. The zero-order chi connectivity index (χ0) is 18.4. The molecule has 6 heteroatoms. The highest BCUT2D eigenvalue weighted by Crippen LogP contribution is 2.25. The van der Waals surface area contributed by atoms with Gasteiger partial charge in [0.2, 0.25) is 0 Å². The van der Waals surface area contributed by atoms with Crippen LogP contribution in [0.25, 0.3) is 6.08 Å². The van der Waals surface area contributed by atoms with E-state index in [2.05, 4.69) is 27.9 Å². The molecule has 0 heterocycles. The largest absolute Gasteiger partial charge is 0.493 e. The van der Waals surface area contributed by atoms with E-state index in [4.69, 9.17) is 16.3 Å². The molecule has 0 radical (unpaired) electrons. The first-order valence-corrected chi connectivity index (χ1v) is 9.02. The van der Waals surface area contributed by atoms with Gasteiger partial charge < -0.3 is 10.1 Å². The molecular formula is C19H16ClIN2O2. The first-order chi connectivity index (χ1) is 12.0. The quantitative estimate of drug-likeness (QED) is 0.374. The molecule has 0 aliphatic carbocycles. The number of rotatable bonds is 5. The third kappa shape index (κ3) is 4.97. The molecule has 4 nitrogen and oxygen atoms in total. The van der Waals surface area contributed by atoms with Crippen LogP contribution in [0.4, 0.5) is 5.69 Å². The molecule has 2 rings (SSSR count). The van der Waals surface area contributed by atoms with Gasteiger partial charge in [-0.15, -0.1) is 0 Å². The minimum Gasteiger partial charge on any atom is -0.493 e. The second-order valence-corrected chi connectivity index (χ2v) is 6.73. The van der Waals surface area contributed by atoms with Crippen LogP contribution in [0.1, 0.15) is 18.1 Å². The Morgan fingerprint density at radius 2 is 2.16 bits per heavy atom. The number of nitrogens with one attached hydrogen (secondary N) is 1. The molecule has 0 aliphatic rings. The van der Waals surface area contributed by atoms with Crippen LogP contribution in [-0.4, -0.2) is 12.5 Å². The topological polar surface area (TPSA) is 62.1 Å². The van der Waals surface area contributed by atoms with Crippen LogP contribution >= 0.6 is 34.2 Å². The number of carbonyl (C=O) groups is 1. The van der Waals surface area contributed by atoms with Gasteiger partial charge >= 0.3 is 0 Å². The third-order valence-electron chi connectivity index (χ3n) is 3.45. The summed E-state index contributed by atoms with van der Waals surface area (Å²) in [7, 11) is 0. The number of carbonyl (C=O) groups excluding carboxylic acids is 1. The maximum atomic E-state index is 12.4. The van der Waals surface area contributed by atoms with Crippen molar-refractivity contribution in [1.82, 2.24) is 0 Å². The molecule has 2 aromatic carbocycles. The number of hydrogen-bond acceptors (Lipinski definition) is 3. The molecule has 0 fully saturated rings. The zero-order valence-corrected chi connectivity index (χ0v) is 16.7. The van der Waals surface area contributed by atoms with Crippen LogP contribution in [0.15, 0.2) is 42.0 Å². The third-order valence-corrected chi connectivity index (χ3v) is 4.70. The van der Waals surface area contributed by atoms with Crippen LogP contribution < -0.4 is 10.1 Å². The van der Waals surface area contributed by atoms with E-state index in [1.165, 1.54) is 0 Å². The number of benzene rings is 2. The second-order valence-electron chi connectivity index (χ2n) is 5.16. The van der Waals surface area contributed by atoms with Gasteiger partial charge in [-0.05, 0) is 77.9 Å². The molecule has 25 heavy (non-hydrogen) atoms. The summed E-state index contributed by atoms with van der Waals surface area (Å²) in [6.45, 7) is 4.30. The lowest BCUT2D eigenvalue weighted by molar-refractivity contribution is -0.112. The van der Waals surface area contributed by atoms with Crippen molar-refractivity contribution >= 4 is 51.9 Å². The van der Waals surface area contributed by atoms with Crippen molar-refractivity contribution in [3.63, 3.8) is 0 Å². The summed E-state index contributed by atoms with van der Waals surface area (Å²) in [5.41, 5.74) is 2.10. The van der Waals surface area contributed by atoms with Crippen molar-refractivity contribution in [3.05, 3.63) is 61.7 Å². The SMILES string of the molecule is CCOc1ccc(/C=C(/C#N)C(=O)Nc2cccc(Cl)c2C)cc1I. The van der Waals surface area contributed by atoms with Crippen molar-refractivity contribution in [2.24, 2.45) is 0 Å². The number of amides is 1. The maximum absolute atomic E-state index is 12.4. The molecular weight excluding hydrogens is 451 g/mol. The van der Waals surface area contributed by atoms with Gasteiger partial charge in [0.25, 0.3) is 5.91 Å². The fraction of sp³-hybridized carbons (Fsp3) is 0.158. The summed E-state index contributed by atoms with van der Waals surface area (Å²) < 4.78 is 6.40. The molecule has 0 spiro atoms. The van der Waals surface area contributed by atoms with Gasteiger partial charge in [0, 0.05) is 10.7 Å². The molecule has 0 aromatic heterocycles. The number of halogens is 2. The summed E-state index contributed by atoms with van der Waals surface area (Å²) >= 11 is 8.21. The lowest BCUT2D eigenvalue weighted by atomic mass is 10.1. The molecule has 0 saturated heterocycles. The standard InChI is InChI=1S/C19H16ClIN2O2/c1-3-25-18-8-7-13(10-16(18)21)9-14(11-22)19(24)23-17-6-4-5-15(20)12(17)2/h4-10H,3H2,1-2H3,(H,23,24)/b14-9-. The Morgan fingerprint density at radius 3 is 2.80 bits per heavy atom. The van der Waals surface area contributed by atoms with Crippen LogP contribution in [0, 0.1) is 21.8 Å². The molecule has 0 saturated carbocycles. The van der Waals surface area contributed by atoms with Crippen molar-refractivity contribution in [2.75, 3.05) is 11.9 Å². The van der Waals surface area contributed by atoms with Gasteiger partial charge in [0.1, 0.15) is 17.4 Å². The summed E-state index contributed by atoms with van der Waals surface area (Å²) in [5.74, 6) is 0.300. The smallest absolute Gasteiger partial charge is 0.266 e. The molecule has 1 amide bonds. The van der Waals surface area contributed by atoms with E-state index >= 15 is 0 Å². The van der Waals surface area contributed by atoms with Gasteiger partial charge in [-0.3, -0.25) is 4.79 Å². The van der Waals surface area contributed by atoms with E-state index in [9.17, 15) is 10.1 Å². The Balaban J connectivity index is 2.25. The Morgan fingerprint density at radius 1 is 1.40 bits per heavy atom. The van der Waals surface area contributed by atoms with E-state index in [0.29, 0.717) is 17.3 Å². The van der Waals surface area contributed by atoms with Crippen LogP contribution in [0.2, 0.25) is 5.02 Å². The fourth-order valence-corrected chi connectivity index (χ4v) is 3.00. The summed E-state index contributed by atoms with van der Waals surface area (Å²) in [6, 6.07) is 12.7. The first kappa shape index (κ1) is 19.3. The van der Waals surface area contributed by atoms with E-state index in [0.717, 1.165) is 20.4 Å². The van der Waals surface area contributed by atoms with Crippen molar-refractivity contribution in [3.8, 4) is 11.8 Å². The summed E-state index contributed by atoms with van der Waals surface area (Å²) in [4.78, 5) is 12.4. The van der Waals surface area contributed by atoms with Crippen molar-refractivity contribution in [1.29, 1.82) is 5.26 Å². The molecule has 0 aliphatic heterocycles. The van der Waals surface area contributed by atoms with Crippen molar-refractivity contribution in [2.45, 2.75) is 13.8 Å². The second kappa shape index (κ2) is 8.88. The van der Waals surface area contributed by atoms with Gasteiger partial charge in [0.15, 0.2) is 0 Å². The minimum absolute atomic E-state index is 0.0133. The minimum atomic E-state index is -0.475. The lowest BCUT2D eigenvalue weighted by Crippen LogP contribution is -2.14. The molecule has 0 atom stereocenters. The van der Waals surface area contributed by atoms with E-state index < -0.39 is 5.91 Å². The van der Waals surface area contributed by atoms with E-state index in [1.54, 1.807) is 24.3 Å². The van der Waals surface area contributed by atoms with Gasteiger partial charge in [-0.25, -0.2) is 0 Å². The average Bonchev–Trinajstić information content (AvgIpc) is 2.59. The predicted molar refractivity (Wildman–Crippen MR) is 109 cm³/mol. The highest BCUT2D eigenvalue weighted by atomic mass is 127. The summed E-state index contributed by atoms with van der Waals surface area (Å²) in [6.07, 6.45) is 1.55. The first-order valence-electron chi connectivity index (χ1n) is 7.57. The molecule has 0 bridgehead atoms. The Labute approximate surface area is 165 Å². The van der Waals surface area contributed by atoms with E-state index in [-0.39, 0.29) is 5.57 Å². The van der Waals surface area contributed by atoms with Crippen molar-refractivity contribution < 1.29 is 9.53 Å². The Bertz CT molecular complexity index is 872. The number of nitrogens with zero attached hydrogens (tertiary/aromatic N) is 1. The lowest BCUT2D eigenvalue weighted by Gasteiger charge is -2.09. The maximum Gasteiger partial charge on any atom is 0.266 e. The highest BCUT2D eigenvalue weighted by molar-refractivity contribution is 14.1. The number of nitriles is 1. The highest BCUT2D eigenvalue weighted by Gasteiger charge is 2.12. The van der Waals surface area contributed by atoms with Gasteiger partial charge in [-0.2, -0.15) is 5.26 Å². The van der Waals surface area contributed by atoms with Gasteiger partial charge in [0.05, 0.1) is 10.2 Å². The number of ether oxygens (including phenoxy) is 1. The molecule has 128 valence electrons. The molecule has 1 N–H and O–H groups in total. The summed E-state index contributed by atoms with van der Waals surface area (Å²) in [5, 5.41) is 12.6. The number of anilines is 1. The van der Waals surface area contributed by atoms with Crippen LogP contribution in [0.5, 0.6) is 5.75 Å². The number of hydrogen-bond donors (Lipinski definition) is 1. The Kier molecular flexibility index (Phi) is 6.85. The predicted octanol–water partition coefficient (Wildman–Crippen LogP) is 5.20. The van der Waals surface area contributed by atoms with Gasteiger partial charge in [-0.1, -0.05) is 23.7 Å². The van der Waals surface area contributed by atoms with E-state index in [1.807, 2.05) is 38.1 Å². The Hall–Kier alpha value is -2.04. The molecule has 0 unspecified atom stereocenters. The molecule has 2 aromatic rings. The van der Waals surface area contributed by atoms with Crippen LogP contribution in [0.3, 0.4) is 0 Å². The van der Waals surface area contributed by atoms with Crippen LogP contribution in [-0.2, 0) is 4.79 Å². The normalized spacial score (nSPS) is 10.9. The average molecular weight is 467 g/mol.